The Hall–Kier alpha value is -1.54. The summed E-state index contributed by atoms with van der Waals surface area (Å²) in [6.45, 7) is 3.36. The predicted octanol–water partition coefficient (Wildman–Crippen LogP) is 0.998. The summed E-state index contributed by atoms with van der Waals surface area (Å²) in [5, 5.41) is 9.02. The lowest BCUT2D eigenvalue weighted by molar-refractivity contribution is -0.140. The number of sulfonamides is 1. The molecule has 106 valence electrons. The Morgan fingerprint density at radius 3 is 2.63 bits per heavy atom. The Morgan fingerprint density at radius 1 is 1.53 bits per heavy atom. The van der Waals surface area contributed by atoms with Crippen molar-refractivity contribution in [2.24, 2.45) is 5.92 Å². The third-order valence-corrected chi connectivity index (χ3v) is 4.16. The number of halogens is 1. The van der Waals surface area contributed by atoms with Crippen LogP contribution in [-0.4, -0.2) is 30.5 Å². The van der Waals surface area contributed by atoms with E-state index in [0.717, 1.165) is 18.5 Å². The number of pyridine rings is 1. The van der Waals surface area contributed by atoms with Gasteiger partial charge in [-0.2, -0.15) is 4.72 Å². The van der Waals surface area contributed by atoms with Crippen molar-refractivity contribution in [1.29, 1.82) is 0 Å². The monoisotopic (exact) mass is 290 g/mol. The molecule has 0 aliphatic rings. The fraction of sp³-hybridized carbons (Fsp3) is 0.455. The molecule has 0 aromatic carbocycles. The highest BCUT2D eigenvalue weighted by molar-refractivity contribution is 7.89. The molecular weight excluding hydrogens is 275 g/mol. The largest absolute Gasteiger partial charge is 0.480 e. The minimum absolute atomic E-state index is 0.395. The highest BCUT2D eigenvalue weighted by atomic mass is 32.2. The molecule has 19 heavy (non-hydrogen) atoms. The highest BCUT2D eigenvalue weighted by Gasteiger charge is 2.29. The molecule has 0 fully saturated rings. The van der Waals surface area contributed by atoms with Gasteiger partial charge in [-0.15, -0.1) is 0 Å². The van der Waals surface area contributed by atoms with E-state index in [1.54, 1.807) is 13.8 Å². The van der Waals surface area contributed by atoms with Gasteiger partial charge in [0.2, 0.25) is 10.0 Å². The van der Waals surface area contributed by atoms with Crippen LogP contribution >= 0.6 is 0 Å². The first-order valence-corrected chi connectivity index (χ1v) is 7.12. The van der Waals surface area contributed by atoms with Crippen molar-refractivity contribution in [3.63, 3.8) is 0 Å². The Bertz CT molecular complexity index is 562. The Balaban J connectivity index is 3.04. The molecule has 1 rings (SSSR count). The Labute approximate surface area is 110 Å². The number of carboxylic acid groups (broad SMARTS) is 1. The molecule has 1 aromatic rings. The number of hydrogen-bond donors (Lipinski definition) is 2. The maximum absolute atomic E-state index is 12.9. The summed E-state index contributed by atoms with van der Waals surface area (Å²) >= 11 is 0. The molecule has 6 nitrogen and oxygen atoms in total. The van der Waals surface area contributed by atoms with Gasteiger partial charge in [-0.1, -0.05) is 20.3 Å². The second-order valence-electron chi connectivity index (χ2n) is 4.16. The van der Waals surface area contributed by atoms with Crippen molar-refractivity contribution in [3.05, 3.63) is 24.3 Å². The third kappa shape index (κ3) is 3.97. The van der Waals surface area contributed by atoms with Crippen LogP contribution in [0.4, 0.5) is 4.39 Å². The quantitative estimate of drug-likeness (QED) is 0.814. The number of nitrogens with zero attached hydrogens (tertiary/aromatic N) is 1. The van der Waals surface area contributed by atoms with Gasteiger partial charge in [0.05, 0.1) is 6.20 Å². The lowest BCUT2D eigenvalue weighted by Crippen LogP contribution is -2.44. The number of aliphatic carboxylic acids is 1. The average Bonchev–Trinajstić information content (AvgIpc) is 2.35. The summed E-state index contributed by atoms with van der Waals surface area (Å²) in [5.41, 5.74) is 0. The molecule has 0 amide bonds. The molecular formula is C11H15FN2O4S. The zero-order chi connectivity index (χ0) is 14.6. The minimum atomic E-state index is -4.12. The fourth-order valence-corrected chi connectivity index (χ4v) is 2.69. The van der Waals surface area contributed by atoms with Crippen molar-refractivity contribution < 1.29 is 22.7 Å². The summed E-state index contributed by atoms with van der Waals surface area (Å²) < 4.78 is 38.9. The van der Waals surface area contributed by atoms with E-state index in [1.807, 2.05) is 0 Å². The van der Waals surface area contributed by atoms with Gasteiger partial charge in [0, 0.05) is 6.20 Å². The molecule has 1 heterocycles. The van der Waals surface area contributed by atoms with Crippen LogP contribution in [0, 0.1) is 11.7 Å². The summed E-state index contributed by atoms with van der Waals surface area (Å²) in [6, 6.07) is -0.483. The number of carbonyl (C=O) groups is 1. The molecule has 8 heteroatoms. The molecule has 1 aromatic heterocycles. The summed E-state index contributed by atoms with van der Waals surface area (Å²) in [7, 11) is -4.12. The van der Waals surface area contributed by atoms with Crippen LogP contribution in [0.1, 0.15) is 20.3 Å². The van der Waals surface area contributed by atoms with Crippen LogP contribution in [0.2, 0.25) is 0 Å². The molecule has 2 N–H and O–H groups in total. The summed E-state index contributed by atoms with van der Waals surface area (Å²) in [6.07, 6.45) is 2.31. The second-order valence-corrected chi connectivity index (χ2v) is 5.88. The topological polar surface area (TPSA) is 96.4 Å². The average molecular weight is 290 g/mol. The zero-order valence-electron chi connectivity index (χ0n) is 10.5. The lowest BCUT2D eigenvalue weighted by Gasteiger charge is -2.19. The van der Waals surface area contributed by atoms with E-state index in [2.05, 4.69) is 9.71 Å². The highest BCUT2D eigenvalue weighted by Crippen LogP contribution is 2.14. The van der Waals surface area contributed by atoms with Crippen LogP contribution < -0.4 is 4.72 Å². The van der Waals surface area contributed by atoms with E-state index in [0.29, 0.717) is 6.42 Å². The van der Waals surface area contributed by atoms with Crippen LogP contribution in [0.3, 0.4) is 0 Å². The smallest absolute Gasteiger partial charge is 0.322 e. The first kappa shape index (κ1) is 15.5. The molecule has 0 bridgehead atoms. The van der Waals surface area contributed by atoms with Crippen molar-refractivity contribution in [2.45, 2.75) is 31.2 Å². The van der Waals surface area contributed by atoms with Crippen molar-refractivity contribution in [3.8, 4) is 0 Å². The van der Waals surface area contributed by atoms with Gasteiger partial charge in [0.1, 0.15) is 16.8 Å². The van der Waals surface area contributed by atoms with Crippen LogP contribution in [-0.2, 0) is 14.8 Å². The molecule has 0 spiro atoms. The molecule has 2 unspecified atom stereocenters. The number of carboxylic acids is 1. The molecule has 0 aliphatic carbocycles. The SMILES string of the molecule is CCC(C)C(NS(=O)(=O)c1cncc(F)c1)C(=O)O. The number of aromatic nitrogens is 1. The van der Waals surface area contributed by atoms with Gasteiger partial charge in [-0.25, -0.2) is 12.8 Å². The van der Waals surface area contributed by atoms with Gasteiger partial charge in [0.25, 0.3) is 0 Å². The lowest BCUT2D eigenvalue weighted by atomic mass is 10.0. The van der Waals surface area contributed by atoms with E-state index < -0.39 is 38.7 Å². The van der Waals surface area contributed by atoms with Gasteiger partial charge < -0.3 is 5.11 Å². The van der Waals surface area contributed by atoms with Gasteiger partial charge in [0.15, 0.2) is 0 Å². The standard InChI is InChI=1S/C11H15FN2O4S/c1-3-7(2)10(11(15)16)14-19(17,18)9-4-8(12)5-13-6-9/h4-7,10,14H,3H2,1-2H3,(H,15,16). The minimum Gasteiger partial charge on any atom is -0.480 e. The Morgan fingerprint density at radius 2 is 2.16 bits per heavy atom. The van der Waals surface area contributed by atoms with E-state index in [9.17, 15) is 17.6 Å². The number of nitrogens with one attached hydrogen (secondary N) is 1. The van der Waals surface area contributed by atoms with Crippen LogP contribution in [0.15, 0.2) is 23.4 Å². The van der Waals surface area contributed by atoms with Gasteiger partial charge in [-0.05, 0) is 12.0 Å². The van der Waals surface area contributed by atoms with Crippen molar-refractivity contribution >= 4 is 16.0 Å². The van der Waals surface area contributed by atoms with Crippen LogP contribution in [0.25, 0.3) is 0 Å². The van der Waals surface area contributed by atoms with Gasteiger partial charge in [-0.3, -0.25) is 9.78 Å². The molecule has 0 saturated carbocycles. The first-order valence-electron chi connectivity index (χ1n) is 5.63. The first-order chi connectivity index (χ1) is 8.77. The summed E-state index contributed by atoms with van der Waals surface area (Å²) in [4.78, 5) is 14.1. The maximum atomic E-state index is 12.9. The Kier molecular flexibility index (Phi) is 4.96. The number of hydrogen-bond acceptors (Lipinski definition) is 4. The third-order valence-electron chi connectivity index (χ3n) is 2.75. The predicted molar refractivity (Wildman–Crippen MR) is 65.4 cm³/mol. The van der Waals surface area contributed by atoms with E-state index in [1.165, 1.54) is 0 Å². The molecule has 0 radical (unpaired) electrons. The van der Waals surface area contributed by atoms with Crippen molar-refractivity contribution in [1.82, 2.24) is 9.71 Å². The summed E-state index contributed by atoms with van der Waals surface area (Å²) in [5.74, 6) is -2.48. The molecule has 0 aliphatic heterocycles. The second kappa shape index (κ2) is 6.07. The van der Waals surface area contributed by atoms with Gasteiger partial charge >= 0.3 is 5.97 Å². The number of rotatable bonds is 6. The zero-order valence-corrected chi connectivity index (χ0v) is 11.3. The molecule has 0 saturated heterocycles. The normalized spacial score (nSPS) is 14.9. The molecule has 2 atom stereocenters. The van der Waals surface area contributed by atoms with E-state index in [4.69, 9.17) is 5.11 Å². The van der Waals surface area contributed by atoms with Crippen molar-refractivity contribution in [2.75, 3.05) is 0 Å². The maximum Gasteiger partial charge on any atom is 0.322 e. The van der Waals surface area contributed by atoms with Crippen LogP contribution in [0.5, 0.6) is 0 Å². The van der Waals surface area contributed by atoms with E-state index >= 15 is 0 Å². The van der Waals surface area contributed by atoms with E-state index in [-0.39, 0.29) is 0 Å². The fourth-order valence-electron chi connectivity index (χ4n) is 1.42.